The highest BCUT2D eigenvalue weighted by Gasteiger charge is 2.35. The van der Waals surface area contributed by atoms with Crippen LogP contribution in [0.2, 0.25) is 5.15 Å². The molecule has 142 valence electrons. The summed E-state index contributed by atoms with van der Waals surface area (Å²) in [5, 5.41) is 1.62. The van der Waals surface area contributed by atoms with Crippen LogP contribution in [0.15, 0.2) is 6.33 Å². The van der Waals surface area contributed by atoms with Crippen molar-refractivity contribution in [1.82, 2.24) is 15.0 Å². The normalized spacial score (nSPS) is 23.1. The number of morpholine rings is 1. The number of fused-ring (bicyclic) bond motifs is 5. The number of rotatable bonds is 2. The first-order valence-electron chi connectivity index (χ1n) is 9.31. The summed E-state index contributed by atoms with van der Waals surface area (Å²) in [4.78, 5) is 17.1. The minimum Gasteiger partial charge on any atom is -0.378 e. The summed E-state index contributed by atoms with van der Waals surface area (Å²) in [6.45, 7) is 8.09. The minimum absolute atomic E-state index is 0.172. The molecule has 1 fully saturated rings. The summed E-state index contributed by atoms with van der Waals surface area (Å²) in [5.74, 6) is 1.02. The van der Waals surface area contributed by atoms with Crippen molar-refractivity contribution in [2.45, 2.75) is 38.9 Å². The maximum atomic E-state index is 6.36. The van der Waals surface area contributed by atoms with Gasteiger partial charge in [-0.05, 0) is 18.9 Å². The molecule has 0 aromatic carbocycles. The van der Waals surface area contributed by atoms with E-state index in [4.69, 9.17) is 26.1 Å². The van der Waals surface area contributed by atoms with Crippen LogP contribution in [0, 0.1) is 0 Å². The number of anilines is 1. The molecule has 5 rings (SSSR count). The number of pyridine rings is 1. The minimum atomic E-state index is -0.172. The number of ether oxygens (including phenoxy) is 2. The average Bonchev–Trinajstić information content (AvgIpc) is 3.08. The van der Waals surface area contributed by atoms with Gasteiger partial charge in [-0.3, -0.25) is 0 Å². The van der Waals surface area contributed by atoms with Crippen molar-refractivity contribution in [3.05, 3.63) is 22.6 Å². The highest BCUT2D eigenvalue weighted by atomic mass is 35.5. The molecule has 3 aromatic rings. The number of hydrogen-bond acceptors (Lipinski definition) is 7. The zero-order valence-corrected chi connectivity index (χ0v) is 17.0. The van der Waals surface area contributed by atoms with E-state index in [1.807, 2.05) is 0 Å². The molecule has 5 heterocycles. The Kier molecular flexibility index (Phi) is 4.23. The molecule has 2 aliphatic heterocycles. The first-order chi connectivity index (χ1) is 13.1. The van der Waals surface area contributed by atoms with Gasteiger partial charge in [-0.25, -0.2) is 15.0 Å². The van der Waals surface area contributed by atoms with Crippen molar-refractivity contribution in [2.24, 2.45) is 0 Å². The summed E-state index contributed by atoms with van der Waals surface area (Å²) in [7, 11) is 0. The standard InChI is InChI=1S/C19H21ClN4O2S/c1-3-19(2)8-11-12(9-26-19)17(24-4-6-25-7-5-24)23-18-13(11)14-15(27-18)16(20)22-10-21-14/h10H,3-9H2,1-2H3. The van der Waals surface area contributed by atoms with Crippen LogP contribution in [-0.4, -0.2) is 46.9 Å². The smallest absolute Gasteiger partial charge is 0.150 e. The first-order valence-corrected chi connectivity index (χ1v) is 10.5. The van der Waals surface area contributed by atoms with Gasteiger partial charge in [-0.2, -0.15) is 0 Å². The van der Waals surface area contributed by atoms with Gasteiger partial charge in [0.15, 0.2) is 0 Å². The molecular weight excluding hydrogens is 384 g/mol. The summed E-state index contributed by atoms with van der Waals surface area (Å²) in [6.07, 6.45) is 3.35. The molecule has 1 saturated heterocycles. The Balaban J connectivity index is 1.80. The lowest BCUT2D eigenvalue weighted by Gasteiger charge is -2.37. The highest BCUT2D eigenvalue weighted by molar-refractivity contribution is 7.26. The van der Waals surface area contributed by atoms with Gasteiger partial charge in [0.1, 0.15) is 22.1 Å². The predicted molar refractivity (Wildman–Crippen MR) is 108 cm³/mol. The molecule has 0 amide bonds. The van der Waals surface area contributed by atoms with Gasteiger partial charge < -0.3 is 14.4 Å². The van der Waals surface area contributed by atoms with Crippen LogP contribution in [0.4, 0.5) is 5.82 Å². The number of hydrogen-bond donors (Lipinski definition) is 0. The lowest BCUT2D eigenvalue weighted by Crippen LogP contribution is -2.40. The topological polar surface area (TPSA) is 60.4 Å². The van der Waals surface area contributed by atoms with E-state index in [0.717, 1.165) is 65.4 Å². The first kappa shape index (κ1) is 17.6. The molecule has 0 N–H and O–H groups in total. The van der Waals surface area contributed by atoms with Crippen LogP contribution >= 0.6 is 22.9 Å². The molecule has 0 saturated carbocycles. The third-order valence-corrected chi connectivity index (χ3v) is 7.21. The van der Waals surface area contributed by atoms with E-state index in [0.29, 0.717) is 11.8 Å². The number of aromatic nitrogens is 3. The summed E-state index contributed by atoms with van der Waals surface area (Å²) < 4.78 is 12.7. The van der Waals surface area contributed by atoms with E-state index in [2.05, 4.69) is 28.7 Å². The Morgan fingerprint density at radius 1 is 1.26 bits per heavy atom. The Bertz CT molecular complexity index is 1030. The Morgan fingerprint density at radius 2 is 2.07 bits per heavy atom. The van der Waals surface area contributed by atoms with Crippen LogP contribution < -0.4 is 4.90 Å². The second kappa shape index (κ2) is 6.51. The van der Waals surface area contributed by atoms with E-state index in [9.17, 15) is 0 Å². The van der Waals surface area contributed by atoms with Gasteiger partial charge in [0.05, 0.1) is 35.6 Å². The van der Waals surface area contributed by atoms with E-state index in [-0.39, 0.29) is 5.60 Å². The van der Waals surface area contributed by atoms with Gasteiger partial charge in [0, 0.05) is 30.5 Å². The quantitative estimate of drug-likeness (QED) is 0.602. The predicted octanol–water partition coefficient (Wildman–Crippen LogP) is 3.97. The Morgan fingerprint density at radius 3 is 2.85 bits per heavy atom. The number of halogens is 1. The Labute approximate surface area is 166 Å². The number of nitrogens with zero attached hydrogens (tertiary/aromatic N) is 4. The zero-order chi connectivity index (χ0) is 18.6. The third kappa shape index (κ3) is 2.79. The van der Waals surface area contributed by atoms with Crippen LogP contribution in [0.1, 0.15) is 31.4 Å². The Hall–Kier alpha value is -1.54. The van der Waals surface area contributed by atoms with Crippen LogP contribution in [0.25, 0.3) is 20.4 Å². The van der Waals surface area contributed by atoms with Crippen LogP contribution in [-0.2, 0) is 22.5 Å². The van der Waals surface area contributed by atoms with Gasteiger partial charge in [-0.15, -0.1) is 11.3 Å². The van der Waals surface area contributed by atoms with Crippen molar-refractivity contribution in [3.63, 3.8) is 0 Å². The number of thiophene rings is 1. The molecule has 6 nitrogen and oxygen atoms in total. The molecule has 0 bridgehead atoms. The van der Waals surface area contributed by atoms with Crippen molar-refractivity contribution < 1.29 is 9.47 Å². The molecule has 0 aliphatic carbocycles. The second-order valence-electron chi connectivity index (χ2n) is 7.39. The largest absolute Gasteiger partial charge is 0.378 e. The zero-order valence-electron chi connectivity index (χ0n) is 15.4. The molecular formula is C19H21ClN4O2S. The monoisotopic (exact) mass is 404 g/mol. The average molecular weight is 405 g/mol. The molecule has 1 unspecified atom stereocenters. The van der Waals surface area contributed by atoms with Gasteiger partial charge in [0.25, 0.3) is 0 Å². The summed E-state index contributed by atoms with van der Waals surface area (Å²) in [6, 6.07) is 0. The van der Waals surface area contributed by atoms with Crippen molar-refractivity contribution in [1.29, 1.82) is 0 Å². The van der Waals surface area contributed by atoms with Crippen molar-refractivity contribution >= 4 is 49.2 Å². The molecule has 3 aromatic heterocycles. The molecule has 2 aliphatic rings. The molecule has 8 heteroatoms. The fourth-order valence-electron chi connectivity index (χ4n) is 3.95. The maximum absolute atomic E-state index is 6.36. The molecule has 0 radical (unpaired) electrons. The summed E-state index contributed by atoms with van der Waals surface area (Å²) >= 11 is 7.94. The molecule has 1 atom stereocenters. The van der Waals surface area contributed by atoms with Gasteiger partial charge >= 0.3 is 0 Å². The fraction of sp³-hybridized carbons (Fsp3) is 0.526. The van der Waals surface area contributed by atoms with Crippen LogP contribution in [0.3, 0.4) is 0 Å². The molecule has 27 heavy (non-hydrogen) atoms. The van der Waals surface area contributed by atoms with E-state index in [1.165, 1.54) is 17.5 Å². The van der Waals surface area contributed by atoms with Crippen molar-refractivity contribution in [2.75, 3.05) is 31.2 Å². The molecule has 0 spiro atoms. The SMILES string of the molecule is CCC1(C)Cc2c(c(N3CCOCC3)nc3sc4c(Cl)ncnc4c23)CO1. The second-order valence-corrected chi connectivity index (χ2v) is 8.74. The van der Waals surface area contributed by atoms with Crippen LogP contribution in [0.5, 0.6) is 0 Å². The summed E-state index contributed by atoms with van der Waals surface area (Å²) in [5.41, 5.74) is 3.23. The lowest BCUT2D eigenvalue weighted by atomic mass is 9.87. The highest BCUT2D eigenvalue weighted by Crippen LogP contribution is 2.44. The van der Waals surface area contributed by atoms with Gasteiger partial charge in [-0.1, -0.05) is 18.5 Å². The van der Waals surface area contributed by atoms with Gasteiger partial charge in [0.2, 0.25) is 0 Å². The van der Waals surface area contributed by atoms with Crippen molar-refractivity contribution in [3.8, 4) is 0 Å². The third-order valence-electron chi connectivity index (χ3n) is 5.73. The van der Waals surface area contributed by atoms with E-state index in [1.54, 1.807) is 11.3 Å². The lowest BCUT2D eigenvalue weighted by molar-refractivity contribution is -0.0558. The van der Waals surface area contributed by atoms with E-state index < -0.39 is 0 Å². The van der Waals surface area contributed by atoms with E-state index >= 15 is 0 Å². The fourth-order valence-corrected chi connectivity index (χ4v) is 5.24. The maximum Gasteiger partial charge on any atom is 0.150 e.